The van der Waals surface area contributed by atoms with Crippen molar-refractivity contribution in [3.63, 3.8) is 0 Å². The summed E-state index contributed by atoms with van der Waals surface area (Å²) in [6.45, 7) is 0. The molecule has 0 aliphatic carbocycles. The number of imidazole rings is 4. The Labute approximate surface area is 120 Å². The molecule has 0 unspecified atom stereocenters. The number of hydrogen-bond acceptors (Lipinski definition) is 4. The summed E-state index contributed by atoms with van der Waals surface area (Å²) in [6, 6.07) is 0. The van der Waals surface area contributed by atoms with Gasteiger partial charge in [0.25, 0.3) is 0 Å². The first-order valence-electron chi connectivity index (χ1n) is 6.36. The van der Waals surface area contributed by atoms with Crippen LogP contribution in [0.3, 0.4) is 0 Å². The average Bonchev–Trinajstić information content (AvgIpc) is 3.32. The van der Waals surface area contributed by atoms with Crippen LogP contribution in [0.2, 0.25) is 0 Å². The molecule has 0 saturated heterocycles. The van der Waals surface area contributed by atoms with Crippen LogP contribution in [-0.2, 0) is 0 Å². The summed E-state index contributed by atoms with van der Waals surface area (Å²) >= 11 is 0. The normalized spacial score (nSPS) is 12.6. The Kier molecular flexibility index (Phi) is 2.68. The predicted molar refractivity (Wildman–Crippen MR) is 78.8 cm³/mol. The van der Waals surface area contributed by atoms with E-state index in [0.29, 0.717) is 0 Å². The third-order valence-corrected chi connectivity index (χ3v) is 7.23. The van der Waals surface area contributed by atoms with E-state index in [2.05, 4.69) is 37.3 Å². The topological polar surface area (TPSA) is 71.3 Å². The minimum atomic E-state index is -2.67. The van der Waals surface area contributed by atoms with Crippen LogP contribution in [-0.4, -0.2) is 37.3 Å². The van der Waals surface area contributed by atoms with Gasteiger partial charge in [-0.15, -0.1) is 0 Å². The fraction of sp³-hybridized carbons (Fsp3) is 0. The molecule has 9 heteroatoms. The quantitative estimate of drug-likeness (QED) is 0.534. The van der Waals surface area contributed by atoms with Crippen molar-refractivity contribution >= 4 is 7.87 Å². The van der Waals surface area contributed by atoms with Crippen molar-refractivity contribution in [3.05, 3.63) is 74.9 Å². The molecule has 0 radical (unpaired) electrons. The van der Waals surface area contributed by atoms with Crippen LogP contribution < -0.4 is 0 Å². The number of aromatic nitrogens is 8. The van der Waals surface area contributed by atoms with Gasteiger partial charge in [-0.05, 0) is 0 Å². The second-order valence-corrected chi connectivity index (χ2v) is 7.75. The summed E-state index contributed by atoms with van der Waals surface area (Å²) in [4.78, 5) is 16.9. The van der Waals surface area contributed by atoms with Gasteiger partial charge < -0.3 is 0 Å². The van der Waals surface area contributed by atoms with Crippen LogP contribution in [0.1, 0.15) is 0 Å². The van der Waals surface area contributed by atoms with Crippen LogP contribution in [0, 0.1) is 0 Å². The van der Waals surface area contributed by atoms with Gasteiger partial charge in [0.05, 0.1) is 0 Å². The maximum absolute atomic E-state index is 4.21. The molecule has 4 aromatic rings. The van der Waals surface area contributed by atoms with Gasteiger partial charge in [-0.2, -0.15) is 0 Å². The van der Waals surface area contributed by atoms with E-state index in [1.165, 1.54) is 0 Å². The van der Waals surface area contributed by atoms with Crippen LogP contribution in [0.4, 0.5) is 0 Å². The summed E-state index contributed by atoms with van der Waals surface area (Å²) in [6.07, 6.45) is 22.1. The molecular weight excluding hydrogens is 287 g/mol. The van der Waals surface area contributed by atoms with Gasteiger partial charge in [0.15, 0.2) is 0 Å². The van der Waals surface area contributed by atoms with E-state index < -0.39 is 7.87 Å². The average molecular weight is 300 g/mol. The number of rotatable bonds is 4. The van der Waals surface area contributed by atoms with Gasteiger partial charge in [-0.25, -0.2) is 0 Å². The zero-order valence-corrected chi connectivity index (χ0v) is 12.0. The Balaban J connectivity index is 2.10. The van der Waals surface area contributed by atoms with Gasteiger partial charge in [0.1, 0.15) is 0 Å². The Hall–Kier alpha value is -2.73. The van der Waals surface area contributed by atoms with E-state index in [0.717, 1.165) is 0 Å². The van der Waals surface area contributed by atoms with E-state index in [-0.39, 0.29) is 0 Å². The molecule has 4 aromatic heterocycles. The Morgan fingerprint density at radius 2 is 0.762 bits per heavy atom. The number of nitrogens with zero attached hydrogens (tertiary/aromatic N) is 8. The van der Waals surface area contributed by atoms with Crippen LogP contribution in [0.25, 0.3) is 0 Å². The van der Waals surface area contributed by atoms with E-state index in [1.54, 1.807) is 24.8 Å². The van der Waals surface area contributed by atoms with Crippen molar-refractivity contribution < 1.29 is 0 Å². The molecule has 0 saturated carbocycles. The third-order valence-electron chi connectivity index (χ3n) is 3.40. The van der Waals surface area contributed by atoms with Crippen molar-refractivity contribution in [2.24, 2.45) is 0 Å². The molecule has 0 bridgehead atoms. The molecule has 0 atom stereocenters. The summed E-state index contributed by atoms with van der Waals surface area (Å²) in [5.74, 6) is 0. The molecule has 106 valence electrons. The van der Waals surface area contributed by atoms with Gasteiger partial charge in [-0.3, -0.25) is 0 Å². The summed E-state index contributed by atoms with van der Waals surface area (Å²) in [7, 11) is -2.67. The first-order chi connectivity index (χ1) is 10.4. The van der Waals surface area contributed by atoms with Crippen molar-refractivity contribution in [3.8, 4) is 0 Å². The molecule has 0 fully saturated rings. The summed E-state index contributed by atoms with van der Waals surface area (Å²) in [5.41, 5.74) is 0. The van der Waals surface area contributed by atoms with Gasteiger partial charge in [0, 0.05) is 0 Å². The predicted octanol–water partition coefficient (Wildman–Crippen LogP) is 1.38. The van der Waals surface area contributed by atoms with Gasteiger partial charge >= 0.3 is 120 Å². The molecule has 21 heavy (non-hydrogen) atoms. The first kappa shape index (κ1) is 12.0. The fourth-order valence-corrected chi connectivity index (χ4v) is 6.10. The van der Waals surface area contributed by atoms with Crippen LogP contribution in [0.5, 0.6) is 0 Å². The van der Waals surface area contributed by atoms with Gasteiger partial charge in [-0.1, -0.05) is 0 Å². The molecule has 0 N–H and O–H groups in total. The van der Waals surface area contributed by atoms with Gasteiger partial charge in [0.2, 0.25) is 0 Å². The molecule has 0 spiro atoms. The molecule has 0 aliphatic rings. The molecule has 4 heterocycles. The van der Waals surface area contributed by atoms with Crippen molar-refractivity contribution in [2.45, 2.75) is 0 Å². The molecule has 4 rings (SSSR count). The minimum absolute atomic E-state index is 1.77. The molecule has 0 amide bonds. The zero-order chi connectivity index (χ0) is 14.1. The van der Waals surface area contributed by atoms with Crippen molar-refractivity contribution in [1.29, 1.82) is 0 Å². The second kappa shape index (κ2) is 4.68. The number of hydrogen-bond donors (Lipinski definition) is 0. The van der Waals surface area contributed by atoms with Crippen molar-refractivity contribution in [1.82, 2.24) is 37.3 Å². The Morgan fingerprint density at radius 1 is 0.476 bits per heavy atom. The van der Waals surface area contributed by atoms with E-state index in [4.69, 9.17) is 0 Å². The van der Waals surface area contributed by atoms with E-state index >= 15 is 0 Å². The van der Waals surface area contributed by atoms with E-state index in [1.807, 2.05) is 50.1 Å². The molecule has 0 aromatic carbocycles. The fourth-order valence-electron chi connectivity index (χ4n) is 2.55. The molecule has 0 aliphatic heterocycles. The zero-order valence-electron chi connectivity index (χ0n) is 11.0. The Morgan fingerprint density at radius 3 is 0.952 bits per heavy atom. The summed E-state index contributed by atoms with van der Waals surface area (Å²) < 4.78 is 8.38. The molecular formula is C12H13N8P. The summed E-state index contributed by atoms with van der Waals surface area (Å²) in [5, 5.41) is 0. The maximum atomic E-state index is 4.21. The molecule has 8 nitrogen and oxygen atoms in total. The van der Waals surface area contributed by atoms with E-state index in [9.17, 15) is 0 Å². The second-order valence-electron chi connectivity index (χ2n) is 4.48. The van der Waals surface area contributed by atoms with Crippen LogP contribution in [0.15, 0.2) is 74.9 Å². The SMILES string of the molecule is c1cn([PH](n2ccnc2)(n2ccnc2)n2ccnc2)cn1. The van der Waals surface area contributed by atoms with Crippen LogP contribution >= 0.6 is 7.87 Å². The first-order valence-corrected chi connectivity index (χ1v) is 8.15. The monoisotopic (exact) mass is 300 g/mol. The van der Waals surface area contributed by atoms with Crippen molar-refractivity contribution in [2.75, 3.05) is 0 Å². The Bertz CT molecular complexity index is 643. The third kappa shape index (κ3) is 1.66. The standard InChI is InChI=1S/C12H13N8P/c1-5-17(9-13-1)21(18-6-2-14-10-18,19-7-3-15-11-19)20-8-4-16-12-20/h1-12,21H.